The normalized spacial score (nSPS) is 19.1. The Hall–Kier alpha value is -5.50. The number of benzene rings is 1. The van der Waals surface area contributed by atoms with Gasteiger partial charge in [0.05, 0.1) is 11.2 Å². The molecule has 3 aromatic rings. The van der Waals surface area contributed by atoms with E-state index in [-0.39, 0.29) is 44.5 Å². The number of piperazine rings is 1. The number of carboxylic acid groups (broad SMARTS) is 1. The maximum absolute atomic E-state index is 15.4. The van der Waals surface area contributed by atoms with Crippen molar-refractivity contribution in [2.45, 2.75) is 24.9 Å². The van der Waals surface area contributed by atoms with Gasteiger partial charge in [-0.1, -0.05) is 5.16 Å². The first-order valence-corrected chi connectivity index (χ1v) is 17.4. The second-order valence-corrected chi connectivity index (χ2v) is 13.5. The Morgan fingerprint density at radius 1 is 1.22 bits per heavy atom. The van der Waals surface area contributed by atoms with E-state index in [0.29, 0.717) is 38.2 Å². The zero-order valence-electron chi connectivity index (χ0n) is 27.2. The number of thioether (sulfide) groups is 1. The van der Waals surface area contributed by atoms with Crippen LogP contribution in [0.4, 0.5) is 15.2 Å². The molecule has 0 bridgehead atoms. The molecule has 51 heavy (non-hydrogen) atoms. The number of aliphatic carboxylic acids is 1. The Balaban J connectivity index is 1.19. The molecule has 1 aromatic carbocycles. The zero-order chi connectivity index (χ0) is 36.6. The van der Waals surface area contributed by atoms with Crippen LogP contribution in [0.15, 0.2) is 44.9 Å². The van der Waals surface area contributed by atoms with Gasteiger partial charge in [0.1, 0.15) is 47.9 Å². The molecule has 3 amide bonds. The van der Waals surface area contributed by atoms with Crippen molar-refractivity contribution < 1.29 is 43.0 Å². The molecule has 20 heteroatoms. The fourth-order valence-corrected chi connectivity index (χ4v) is 7.92. The van der Waals surface area contributed by atoms with Crippen LogP contribution in [0.2, 0.25) is 0 Å². The predicted octanol–water partition coefficient (Wildman–Crippen LogP) is 0.424. The number of carboxylic acids is 1. The maximum atomic E-state index is 15.4. The van der Waals surface area contributed by atoms with Gasteiger partial charge in [0.15, 0.2) is 10.8 Å². The number of ether oxygens (including phenoxy) is 1. The number of amides is 3. The van der Waals surface area contributed by atoms with E-state index >= 15 is 4.39 Å². The number of aromatic nitrogens is 2. The van der Waals surface area contributed by atoms with Gasteiger partial charge in [0, 0.05) is 61.0 Å². The molecule has 2 atom stereocenters. The standard InChI is InChI=1S/C31H31FN8O9S2/c1-3-38-10-17(25(42)16-8-18(32)21(9-20(16)38)39-6-4-37(14-41)5-7-39)30(47)49-11-15-12-50-28-23(27(44)40(28)24(15)29(45)46)35-26(43)22(36-48-2)19-13-51-31(33)34-19/h8-10,13-14,23,28H,3-7,11-12H2,1-2H3,(H2,33,34)(H,35,43)(H,45,46)/t23-,28-/m1/s1. The summed E-state index contributed by atoms with van der Waals surface area (Å²) in [6.45, 7) is 3.19. The SMILES string of the molecule is CCn1cc(C(=O)OCC2=C(C(=O)O)N3C(=O)[C@@H](NC(=O)C(=NOC)c4csc(N)n4)[C@H]3SC2)c(=O)c2cc(F)c(N3CCN(C=O)CC3)cc21. The minimum absolute atomic E-state index is 0.0172. The Kier molecular flexibility index (Phi) is 9.97. The third-order valence-corrected chi connectivity index (χ3v) is 10.6. The lowest BCUT2D eigenvalue weighted by atomic mass is 10.0. The van der Waals surface area contributed by atoms with Gasteiger partial charge in [-0.15, -0.1) is 23.1 Å². The second-order valence-electron chi connectivity index (χ2n) is 11.5. The molecular formula is C31H31FN8O9S2. The van der Waals surface area contributed by atoms with Crippen molar-refractivity contribution in [3.8, 4) is 0 Å². The molecule has 5 heterocycles. The summed E-state index contributed by atoms with van der Waals surface area (Å²) in [4.78, 5) is 89.5. The highest BCUT2D eigenvalue weighted by Crippen LogP contribution is 2.40. The van der Waals surface area contributed by atoms with Gasteiger partial charge < -0.3 is 40.1 Å². The van der Waals surface area contributed by atoms with Crippen molar-refractivity contribution in [3.05, 3.63) is 62.3 Å². The average Bonchev–Trinajstić information content (AvgIpc) is 3.56. The van der Waals surface area contributed by atoms with Crippen LogP contribution in [0.5, 0.6) is 0 Å². The molecule has 6 rings (SSSR count). The van der Waals surface area contributed by atoms with E-state index in [0.717, 1.165) is 40.5 Å². The number of hydrogen-bond donors (Lipinski definition) is 3. The number of carbonyl (C=O) groups excluding carboxylic acids is 4. The monoisotopic (exact) mass is 742 g/mol. The topological polar surface area (TPSA) is 219 Å². The minimum atomic E-state index is -1.46. The maximum Gasteiger partial charge on any atom is 0.352 e. The number of oxime groups is 1. The van der Waals surface area contributed by atoms with Crippen molar-refractivity contribution in [1.29, 1.82) is 0 Å². The molecule has 4 N–H and O–H groups in total. The number of aryl methyl sites for hydroxylation is 1. The van der Waals surface area contributed by atoms with Crippen LogP contribution in [-0.2, 0) is 35.3 Å². The van der Waals surface area contributed by atoms with Gasteiger partial charge in [0.25, 0.3) is 11.8 Å². The van der Waals surface area contributed by atoms with Crippen LogP contribution in [-0.4, -0.2) is 117 Å². The van der Waals surface area contributed by atoms with E-state index in [1.54, 1.807) is 27.4 Å². The molecule has 3 aliphatic heterocycles. The lowest BCUT2D eigenvalue weighted by molar-refractivity contribution is -0.150. The fourth-order valence-electron chi connectivity index (χ4n) is 6.04. The van der Waals surface area contributed by atoms with E-state index in [1.165, 1.54) is 18.7 Å². The number of pyridine rings is 1. The first kappa shape index (κ1) is 35.3. The molecule has 2 aromatic heterocycles. The quantitative estimate of drug-likeness (QED) is 0.0799. The predicted molar refractivity (Wildman–Crippen MR) is 184 cm³/mol. The number of anilines is 2. The summed E-state index contributed by atoms with van der Waals surface area (Å²) in [5.74, 6) is -4.67. The minimum Gasteiger partial charge on any atom is -0.477 e. The van der Waals surface area contributed by atoms with Crippen molar-refractivity contribution in [2.24, 2.45) is 5.16 Å². The van der Waals surface area contributed by atoms with Gasteiger partial charge >= 0.3 is 11.9 Å². The third kappa shape index (κ3) is 6.58. The lowest BCUT2D eigenvalue weighted by Gasteiger charge is -2.49. The highest BCUT2D eigenvalue weighted by Gasteiger charge is 2.54. The van der Waals surface area contributed by atoms with Gasteiger partial charge in [-0.2, -0.15) is 0 Å². The molecule has 17 nitrogen and oxygen atoms in total. The fraction of sp³-hybridized carbons (Fsp3) is 0.355. The molecule has 0 radical (unpaired) electrons. The number of esters is 1. The van der Waals surface area contributed by atoms with E-state index in [1.807, 2.05) is 0 Å². The van der Waals surface area contributed by atoms with E-state index in [4.69, 9.17) is 15.3 Å². The van der Waals surface area contributed by atoms with Crippen LogP contribution in [0.3, 0.4) is 0 Å². The summed E-state index contributed by atoms with van der Waals surface area (Å²) in [5.41, 5.74) is 4.76. The lowest BCUT2D eigenvalue weighted by Crippen LogP contribution is -2.71. The molecule has 2 saturated heterocycles. The van der Waals surface area contributed by atoms with E-state index in [9.17, 15) is 33.9 Å². The van der Waals surface area contributed by atoms with Gasteiger partial charge in [-0.3, -0.25) is 24.1 Å². The number of carbonyl (C=O) groups is 5. The third-order valence-electron chi connectivity index (χ3n) is 8.59. The highest BCUT2D eigenvalue weighted by atomic mass is 32.2. The van der Waals surface area contributed by atoms with Crippen LogP contribution < -0.4 is 21.4 Å². The van der Waals surface area contributed by atoms with Crippen molar-refractivity contribution in [1.82, 2.24) is 24.7 Å². The number of nitrogens with zero attached hydrogens (tertiary/aromatic N) is 6. The van der Waals surface area contributed by atoms with Gasteiger partial charge in [-0.05, 0) is 19.1 Å². The summed E-state index contributed by atoms with van der Waals surface area (Å²) in [6.07, 6.45) is 2.05. The number of nitrogens with one attached hydrogen (secondary N) is 1. The number of nitrogens with two attached hydrogens (primary N) is 1. The summed E-state index contributed by atoms with van der Waals surface area (Å²) >= 11 is 2.21. The highest BCUT2D eigenvalue weighted by molar-refractivity contribution is 8.00. The number of hydrogen-bond acceptors (Lipinski definition) is 14. The molecular weight excluding hydrogens is 712 g/mol. The number of rotatable bonds is 11. The Morgan fingerprint density at radius 3 is 2.59 bits per heavy atom. The number of fused-ring (bicyclic) bond motifs is 2. The Bertz CT molecular complexity index is 2070. The summed E-state index contributed by atoms with van der Waals surface area (Å²) in [7, 11) is 1.23. The Labute approximate surface area is 296 Å². The zero-order valence-corrected chi connectivity index (χ0v) is 28.8. The van der Waals surface area contributed by atoms with Crippen molar-refractivity contribution >= 4 is 80.7 Å². The summed E-state index contributed by atoms with van der Waals surface area (Å²) in [5, 5.41) is 17.1. The number of nitrogen functional groups attached to an aromatic ring is 1. The van der Waals surface area contributed by atoms with Crippen molar-refractivity contribution in [2.75, 3.05) is 56.3 Å². The van der Waals surface area contributed by atoms with E-state index < -0.39 is 58.7 Å². The molecule has 3 aliphatic rings. The van der Waals surface area contributed by atoms with Crippen LogP contribution in [0, 0.1) is 5.82 Å². The molecule has 2 fully saturated rings. The van der Waals surface area contributed by atoms with Crippen molar-refractivity contribution in [3.63, 3.8) is 0 Å². The molecule has 0 aliphatic carbocycles. The summed E-state index contributed by atoms with van der Waals surface area (Å²) in [6, 6.07) is 1.51. The van der Waals surface area contributed by atoms with Crippen LogP contribution in [0.25, 0.3) is 10.9 Å². The first-order chi connectivity index (χ1) is 24.5. The molecule has 0 saturated carbocycles. The average molecular weight is 743 g/mol. The second kappa shape index (κ2) is 14.4. The number of halogens is 1. The van der Waals surface area contributed by atoms with Gasteiger partial charge in [0.2, 0.25) is 11.8 Å². The first-order valence-electron chi connectivity index (χ1n) is 15.5. The molecule has 268 valence electrons. The largest absolute Gasteiger partial charge is 0.477 e. The van der Waals surface area contributed by atoms with Crippen LogP contribution in [0.1, 0.15) is 23.0 Å². The van der Waals surface area contributed by atoms with E-state index in [2.05, 4.69) is 15.5 Å². The molecule has 0 spiro atoms. The summed E-state index contributed by atoms with van der Waals surface area (Å²) < 4.78 is 22.4. The van der Waals surface area contributed by atoms with Gasteiger partial charge in [-0.25, -0.2) is 19.0 Å². The number of β-lactam (4-membered cyclic amide) rings is 1. The van der Waals surface area contributed by atoms with Crippen LogP contribution >= 0.6 is 23.1 Å². The smallest absolute Gasteiger partial charge is 0.352 e. The number of thiazole rings is 1. The molecule has 0 unspecified atom stereocenters. The Morgan fingerprint density at radius 2 is 1.96 bits per heavy atom.